The second-order valence-electron chi connectivity index (χ2n) is 8.04. The lowest BCUT2D eigenvalue weighted by atomic mass is 9.87. The van der Waals surface area contributed by atoms with E-state index in [0.29, 0.717) is 18.2 Å². The van der Waals surface area contributed by atoms with E-state index in [4.69, 9.17) is 0 Å². The molecule has 2 aliphatic rings. The smallest absolute Gasteiger partial charge is 0.225 e. The molecule has 5 nitrogen and oxygen atoms in total. The maximum atomic E-state index is 12.6. The number of carbonyl (C=O) groups is 2. The van der Waals surface area contributed by atoms with E-state index < -0.39 is 0 Å². The summed E-state index contributed by atoms with van der Waals surface area (Å²) in [6.07, 6.45) is 9.46. The summed E-state index contributed by atoms with van der Waals surface area (Å²) in [5.41, 5.74) is 0. The van der Waals surface area contributed by atoms with Gasteiger partial charge in [-0.05, 0) is 57.7 Å². The van der Waals surface area contributed by atoms with Gasteiger partial charge in [-0.15, -0.1) is 0 Å². The lowest BCUT2D eigenvalue weighted by molar-refractivity contribution is -0.138. The van der Waals surface area contributed by atoms with Crippen LogP contribution >= 0.6 is 0 Å². The highest BCUT2D eigenvalue weighted by Gasteiger charge is 2.29. The van der Waals surface area contributed by atoms with E-state index in [2.05, 4.69) is 29.0 Å². The third-order valence-corrected chi connectivity index (χ3v) is 6.22. The number of piperidine rings is 1. The summed E-state index contributed by atoms with van der Waals surface area (Å²) in [6, 6.07) is 0. The summed E-state index contributed by atoms with van der Waals surface area (Å²) in [6.45, 7) is 10.00. The Morgan fingerprint density at radius 3 is 2.27 bits per heavy atom. The van der Waals surface area contributed by atoms with Gasteiger partial charge in [0.1, 0.15) is 0 Å². The highest BCUT2D eigenvalue weighted by molar-refractivity contribution is 5.79. The molecule has 2 rings (SSSR count). The first-order valence-corrected chi connectivity index (χ1v) is 10.9. The molecule has 0 spiro atoms. The van der Waals surface area contributed by atoms with Crippen molar-refractivity contribution >= 4 is 11.8 Å². The molecule has 1 saturated carbocycles. The van der Waals surface area contributed by atoms with Gasteiger partial charge in [-0.3, -0.25) is 9.59 Å². The van der Waals surface area contributed by atoms with Gasteiger partial charge in [0.2, 0.25) is 11.8 Å². The molecule has 1 N–H and O–H groups in total. The topological polar surface area (TPSA) is 52.7 Å². The van der Waals surface area contributed by atoms with E-state index in [1.54, 1.807) is 0 Å². The molecule has 1 heterocycles. The van der Waals surface area contributed by atoms with Gasteiger partial charge in [-0.2, -0.15) is 0 Å². The maximum absolute atomic E-state index is 12.6. The molecule has 2 fully saturated rings. The molecule has 1 aliphatic heterocycles. The minimum absolute atomic E-state index is 0.182. The molecule has 0 radical (unpaired) electrons. The molecule has 5 heteroatoms. The van der Waals surface area contributed by atoms with Crippen molar-refractivity contribution in [1.82, 2.24) is 15.1 Å². The maximum Gasteiger partial charge on any atom is 0.225 e. The number of hydrogen-bond donors (Lipinski definition) is 1. The summed E-state index contributed by atoms with van der Waals surface area (Å²) in [7, 11) is 0. The number of carbonyl (C=O) groups excluding carboxylic acids is 2. The Kier molecular flexibility index (Phi) is 9.44. The molecule has 150 valence electrons. The molecule has 26 heavy (non-hydrogen) atoms. The lowest BCUT2D eigenvalue weighted by Gasteiger charge is -2.35. The Morgan fingerprint density at radius 1 is 1.00 bits per heavy atom. The summed E-state index contributed by atoms with van der Waals surface area (Å²) in [5.74, 6) is 1.27. The van der Waals surface area contributed by atoms with Crippen LogP contribution < -0.4 is 5.32 Å². The number of rotatable bonds is 9. The number of amides is 2. The molecule has 0 bridgehead atoms. The van der Waals surface area contributed by atoms with Gasteiger partial charge in [0.05, 0.1) is 0 Å². The molecule has 2 amide bonds. The van der Waals surface area contributed by atoms with Crippen LogP contribution in [-0.4, -0.2) is 60.9 Å². The summed E-state index contributed by atoms with van der Waals surface area (Å²) in [5, 5.41) is 3.07. The first-order chi connectivity index (χ1) is 12.6. The van der Waals surface area contributed by atoms with Crippen molar-refractivity contribution in [1.29, 1.82) is 0 Å². The lowest BCUT2D eigenvalue weighted by Crippen LogP contribution is -2.43. The zero-order valence-electron chi connectivity index (χ0n) is 17.0. The van der Waals surface area contributed by atoms with Gasteiger partial charge in [0.25, 0.3) is 0 Å². The van der Waals surface area contributed by atoms with Crippen molar-refractivity contribution in [3.05, 3.63) is 0 Å². The van der Waals surface area contributed by atoms with E-state index in [-0.39, 0.29) is 11.8 Å². The van der Waals surface area contributed by atoms with Gasteiger partial charge in [-0.25, -0.2) is 0 Å². The van der Waals surface area contributed by atoms with Crippen molar-refractivity contribution in [2.75, 3.05) is 39.3 Å². The predicted molar refractivity (Wildman–Crippen MR) is 106 cm³/mol. The van der Waals surface area contributed by atoms with Crippen LogP contribution in [0.1, 0.15) is 71.6 Å². The Hall–Kier alpha value is -1.10. The molecule has 1 saturated heterocycles. The molecule has 0 aromatic rings. The van der Waals surface area contributed by atoms with Crippen molar-refractivity contribution < 1.29 is 9.59 Å². The van der Waals surface area contributed by atoms with Gasteiger partial charge in [-0.1, -0.05) is 33.1 Å². The van der Waals surface area contributed by atoms with Gasteiger partial charge >= 0.3 is 0 Å². The first-order valence-electron chi connectivity index (χ1n) is 10.9. The van der Waals surface area contributed by atoms with Crippen molar-refractivity contribution in [3.8, 4) is 0 Å². The molecule has 0 aromatic heterocycles. The summed E-state index contributed by atoms with van der Waals surface area (Å²) >= 11 is 0. The normalized spacial score (nSPS) is 19.7. The van der Waals surface area contributed by atoms with Crippen molar-refractivity contribution in [2.45, 2.75) is 71.6 Å². The molecule has 1 aliphatic carbocycles. The number of hydrogen-bond acceptors (Lipinski definition) is 3. The fourth-order valence-electron chi connectivity index (χ4n) is 4.37. The van der Waals surface area contributed by atoms with Crippen molar-refractivity contribution in [2.24, 2.45) is 11.8 Å². The highest BCUT2D eigenvalue weighted by Crippen LogP contribution is 2.28. The number of nitrogens with one attached hydrogen (secondary N) is 1. The second kappa shape index (κ2) is 11.6. The fraction of sp³-hybridized carbons (Fsp3) is 0.905. The first kappa shape index (κ1) is 21.2. The Morgan fingerprint density at radius 2 is 1.65 bits per heavy atom. The quantitative estimate of drug-likeness (QED) is 0.639. The van der Waals surface area contributed by atoms with Crippen LogP contribution in [0.5, 0.6) is 0 Å². The van der Waals surface area contributed by atoms with Gasteiger partial charge in [0, 0.05) is 32.0 Å². The van der Waals surface area contributed by atoms with E-state index in [0.717, 1.165) is 71.4 Å². The molecule has 0 atom stereocenters. The highest BCUT2D eigenvalue weighted by atomic mass is 16.2. The van der Waals surface area contributed by atoms with Gasteiger partial charge in [0.15, 0.2) is 0 Å². The molecule has 0 aromatic carbocycles. The third-order valence-electron chi connectivity index (χ3n) is 6.22. The predicted octanol–water partition coefficient (Wildman–Crippen LogP) is 3.04. The van der Waals surface area contributed by atoms with E-state index in [1.807, 2.05) is 0 Å². The van der Waals surface area contributed by atoms with E-state index in [9.17, 15) is 9.59 Å². The molecule has 0 unspecified atom stereocenters. The van der Waals surface area contributed by atoms with Crippen molar-refractivity contribution in [3.63, 3.8) is 0 Å². The average Bonchev–Trinajstić information content (AvgIpc) is 2.69. The number of likely N-dealkylation sites (tertiary alicyclic amines) is 1. The standard InChI is InChI=1S/C21H39N3O2/c1-3-23(4-2)14-8-13-22-20(25)17-18-11-15-24(16-12-18)21(26)19-9-6-5-7-10-19/h18-19H,3-17H2,1-2H3,(H,22,25). The van der Waals surface area contributed by atoms with Crippen LogP contribution in [0.15, 0.2) is 0 Å². The Bertz CT molecular complexity index is 423. The minimum atomic E-state index is 0.182. The van der Waals surface area contributed by atoms with Gasteiger partial charge < -0.3 is 15.1 Å². The summed E-state index contributed by atoms with van der Waals surface area (Å²) in [4.78, 5) is 29.2. The largest absolute Gasteiger partial charge is 0.356 e. The van der Waals surface area contributed by atoms with E-state index in [1.165, 1.54) is 19.3 Å². The van der Waals surface area contributed by atoms with E-state index >= 15 is 0 Å². The fourth-order valence-corrected chi connectivity index (χ4v) is 4.37. The Labute approximate surface area is 159 Å². The van der Waals surface area contributed by atoms with Crippen LogP contribution in [0, 0.1) is 11.8 Å². The van der Waals surface area contributed by atoms with Crippen LogP contribution in [-0.2, 0) is 9.59 Å². The molecular weight excluding hydrogens is 326 g/mol. The zero-order valence-corrected chi connectivity index (χ0v) is 17.0. The number of nitrogens with zero attached hydrogens (tertiary/aromatic N) is 2. The van der Waals surface area contributed by atoms with Crippen LogP contribution in [0.4, 0.5) is 0 Å². The van der Waals surface area contributed by atoms with Crippen LogP contribution in [0.3, 0.4) is 0 Å². The zero-order chi connectivity index (χ0) is 18.8. The second-order valence-corrected chi connectivity index (χ2v) is 8.04. The average molecular weight is 366 g/mol. The summed E-state index contributed by atoms with van der Waals surface area (Å²) < 4.78 is 0. The van der Waals surface area contributed by atoms with Crippen LogP contribution in [0.25, 0.3) is 0 Å². The SMILES string of the molecule is CCN(CC)CCCNC(=O)CC1CCN(C(=O)C2CCCCC2)CC1. The van der Waals surface area contributed by atoms with Crippen LogP contribution in [0.2, 0.25) is 0 Å². The third kappa shape index (κ3) is 6.90. The minimum Gasteiger partial charge on any atom is -0.356 e. The Balaban J connectivity index is 1.59. The molecular formula is C21H39N3O2. The monoisotopic (exact) mass is 365 g/mol.